The van der Waals surface area contributed by atoms with Gasteiger partial charge in [-0.1, -0.05) is 110 Å². The van der Waals surface area contributed by atoms with Crippen molar-refractivity contribution in [3.8, 4) is 0 Å². The Bertz CT molecular complexity index is 274. The molecule has 2 aliphatic carbocycles. The summed E-state index contributed by atoms with van der Waals surface area (Å²) in [7, 11) is 0.430. The number of hydrogen-bond donors (Lipinski definition) is 0. The van der Waals surface area contributed by atoms with Crippen LogP contribution >= 0.6 is 15.8 Å². The van der Waals surface area contributed by atoms with E-state index in [0.29, 0.717) is 0 Å². The van der Waals surface area contributed by atoms with Gasteiger partial charge in [-0.3, -0.25) is 0 Å². The SMILES string of the molecule is C1CCCC1.CC(C)P(C(C)C)C1CCCC1P(C(C)C)C(C)C.[Fe]. The fourth-order valence-corrected chi connectivity index (χ4v) is 13.7. The van der Waals surface area contributed by atoms with E-state index >= 15 is 0 Å². The van der Waals surface area contributed by atoms with E-state index in [-0.39, 0.29) is 32.9 Å². The molecule has 2 fully saturated rings. The third-order valence-electron chi connectivity index (χ3n) is 5.84. The van der Waals surface area contributed by atoms with Gasteiger partial charge in [0, 0.05) is 17.1 Å². The Balaban J connectivity index is 0.000000820. The van der Waals surface area contributed by atoms with Gasteiger partial charge in [0.05, 0.1) is 0 Å². The molecule has 0 saturated heterocycles. The molecule has 0 bridgehead atoms. The summed E-state index contributed by atoms with van der Waals surface area (Å²) in [6.45, 7) is 19.8. The normalized spacial score (nSPS) is 23.8. The second kappa shape index (κ2) is 13.5. The molecular formula is C22H46FeP2. The molecule has 0 radical (unpaired) electrons. The van der Waals surface area contributed by atoms with E-state index in [2.05, 4.69) is 55.4 Å². The molecule has 0 heterocycles. The summed E-state index contributed by atoms with van der Waals surface area (Å²) in [5.41, 5.74) is 5.80. The van der Waals surface area contributed by atoms with E-state index in [1.807, 2.05) is 0 Å². The van der Waals surface area contributed by atoms with Crippen molar-refractivity contribution in [2.45, 2.75) is 141 Å². The average molecular weight is 428 g/mol. The summed E-state index contributed by atoms with van der Waals surface area (Å²) in [6.07, 6.45) is 12.1. The van der Waals surface area contributed by atoms with Gasteiger partial charge in [0.2, 0.25) is 0 Å². The quantitative estimate of drug-likeness (QED) is 0.294. The first-order chi connectivity index (χ1) is 11.3. The number of rotatable bonds is 6. The van der Waals surface area contributed by atoms with Gasteiger partial charge in [-0.25, -0.2) is 0 Å². The summed E-state index contributed by atoms with van der Waals surface area (Å²) < 4.78 is 0. The van der Waals surface area contributed by atoms with E-state index in [1.54, 1.807) is 0 Å². The van der Waals surface area contributed by atoms with E-state index in [9.17, 15) is 0 Å². The first-order valence-electron chi connectivity index (χ1n) is 10.8. The second-order valence-electron chi connectivity index (χ2n) is 9.10. The van der Waals surface area contributed by atoms with Crippen LogP contribution in [0.1, 0.15) is 107 Å². The third-order valence-corrected chi connectivity index (χ3v) is 13.6. The Hall–Kier alpha value is 1.38. The largest absolute Gasteiger partial charge is 0.0976 e. The molecule has 2 saturated carbocycles. The average Bonchev–Trinajstić information content (AvgIpc) is 3.12. The summed E-state index contributed by atoms with van der Waals surface area (Å²) in [4.78, 5) is 0. The Kier molecular flexibility index (Phi) is 14.3. The standard InChI is InChI=1S/C17H36P2.C5H10.Fe/c1-12(2)18(13(3)4)16-10-9-11-17(16)19(14(5)6)15(7)8;1-2-4-5-3-1;/h12-17H,9-11H2,1-8H3;1-5H2;. The van der Waals surface area contributed by atoms with Crippen molar-refractivity contribution in [1.82, 2.24) is 0 Å². The van der Waals surface area contributed by atoms with Crippen molar-refractivity contribution in [2.75, 3.05) is 0 Å². The van der Waals surface area contributed by atoms with Gasteiger partial charge in [0.15, 0.2) is 0 Å². The fourth-order valence-electron chi connectivity index (χ4n) is 5.22. The van der Waals surface area contributed by atoms with E-state index < -0.39 is 0 Å². The zero-order chi connectivity index (χ0) is 18.3. The molecule has 0 aromatic carbocycles. The minimum absolute atomic E-state index is 0. The molecule has 0 aromatic rings. The zero-order valence-corrected chi connectivity index (χ0v) is 21.3. The van der Waals surface area contributed by atoms with E-state index in [4.69, 9.17) is 0 Å². The van der Waals surface area contributed by atoms with Crippen LogP contribution in [0.25, 0.3) is 0 Å². The molecule has 0 nitrogen and oxygen atoms in total. The van der Waals surface area contributed by atoms with Crippen LogP contribution in [0.3, 0.4) is 0 Å². The maximum Gasteiger partial charge on any atom is 0 e. The van der Waals surface area contributed by atoms with Crippen molar-refractivity contribution >= 4 is 15.8 Å². The predicted molar refractivity (Wildman–Crippen MR) is 119 cm³/mol. The molecule has 0 amide bonds. The summed E-state index contributed by atoms with van der Waals surface area (Å²) in [5, 5.41) is 0. The number of hydrogen-bond acceptors (Lipinski definition) is 0. The van der Waals surface area contributed by atoms with E-state index in [0.717, 1.165) is 34.0 Å². The zero-order valence-electron chi connectivity index (χ0n) is 18.4. The predicted octanol–water partition coefficient (Wildman–Crippen LogP) is 8.45. The van der Waals surface area contributed by atoms with E-state index in [1.165, 1.54) is 51.4 Å². The Morgan fingerprint density at radius 2 is 0.720 bits per heavy atom. The van der Waals surface area contributed by atoms with Crippen LogP contribution < -0.4 is 0 Å². The van der Waals surface area contributed by atoms with Crippen molar-refractivity contribution in [3.05, 3.63) is 0 Å². The second-order valence-corrected chi connectivity index (χ2v) is 16.3. The molecule has 2 rings (SSSR count). The summed E-state index contributed by atoms with van der Waals surface area (Å²) >= 11 is 0. The molecule has 0 aliphatic heterocycles. The van der Waals surface area contributed by atoms with Crippen LogP contribution in [0.15, 0.2) is 0 Å². The van der Waals surface area contributed by atoms with Gasteiger partial charge in [-0.15, -0.1) is 0 Å². The van der Waals surface area contributed by atoms with Crippen molar-refractivity contribution in [2.24, 2.45) is 0 Å². The first-order valence-corrected chi connectivity index (χ1v) is 13.9. The Morgan fingerprint density at radius 3 is 0.920 bits per heavy atom. The Labute approximate surface area is 173 Å². The van der Waals surface area contributed by atoms with Crippen LogP contribution in [0, 0.1) is 0 Å². The molecule has 3 heteroatoms. The summed E-state index contributed by atoms with van der Waals surface area (Å²) in [6, 6.07) is 0. The van der Waals surface area contributed by atoms with Gasteiger partial charge < -0.3 is 0 Å². The third kappa shape index (κ3) is 8.51. The van der Waals surface area contributed by atoms with Crippen LogP contribution in [0.5, 0.6) is 0 Å². The van der Waals surface area contributed by atoms with Gasteiger partial charge >= 0.3 is 0 Å². The topological polar surface area (TPSA) is 0 Å². The van der Waals surface area contributed by atoms with Gasteiger partial charge in [-0.2, -0.15) is 0 Å². The fraction of sp³-hybridized carbons (Fsp3) is 1.00. The molecule has 2 atom stereocenters. The molecular weight excluding hydrogens is 382 g/mol. The molecule has 0 spiro atoms. The van der Waals surface area contributed by atoms with Crippen LogP contribution in [0.4, 0.5) is 0 Å². The van der Waals surface area contributed by atoms with Gasteiger partial charge in [0.1, 0.15) is 0 Å². The molecule has 25 heavy (non-hydrogen) atoms. The maximum atomic E-state index is 2.48. The molecule has 2 aliphatic rings. The van der Waals surface area contributed by atoms with Crippen LogP contribution in [-0.2, 0) is 17.1 Å². The smallest absolute Gasteiger partial charge is 0 e. The maximum absolute atomic E-state index is 2.48. The molecule has 152 valence electrons. The molecule has 0 N–H and O–H groups in total. The van der Waals surface area contributed by atoms with Gasteiger partial charge in [-0.05, 0) is 46.8 Å². The first kappa shape index (κ1) is 26.4. The minimum atomic E-state index is 0. The van der Waals surface area contributed by atoms with Crippen molar-refractivity contribution in [1.29, 1.82) is 0 Å². The molecule has 0 aromatic heterocycles. The van der Waals surface area contributed by atoms with Crippen molar-refractivity contribution in [3.63, 3.8) is 0 Å². The molecule has 2 unspecified atom stereocenters. The van der Waals surface area contributed by atoms with Crippen LogP contribution in [-0.4, -0.2) is 34.0 Å². The minimum Gasteiger partial charge on any atom is -0.0976 e. The Morgan fingerprint density at radius 1 is 0.480 bits per heavy atom. The van der Waals surface area contributed by atoms with Crippen molar-refractivity contribution < 1.29 is 17.1 Å². The van der Waals surface area contributed by atoms with Crippen LogP contribution in [0.2, 0.25) is 0 Å². The van der Waals surface area contributed by atoms with Gasteiger partial charge in [0.25, 0.3) is 0 Å². The monoisotopic (exact) mass is 428 g/mol. The summed E-state index contributed by atoms with van der Waals surface area (Å²) in [5.74, 6) is 0.